The van der Waals surface area contributed by atoms with Gasteiger partial charge in [0.2, 0.25) is 10.0 Å². The van der Waals surface area contributed by atoms with Gasteiger partial charge in [0.1, 0.15) is 0 Å². The summed E-state index contributed by atoms with van der Waals surface area (Å²) in [5, 5.41) is 0.794. The van der Waals surface area contributed by atoms with Crippen molar-refractivity contribution in [1.29, 1.82) is 0 Å². The largest absolute Gasteiger partial charge is 0.302 e. The Bertz CT molecular complexity index is 1330. The number of carbonyl (C=O) groups excluding carboxylic acids is 2. The average molecular weight is 478 g/mol. The molecule has 0 bridgehead atoms. The molecule has 0 aromatic heterocycles. The third kappa shape index (κ3) is 4.24. The van der Waals surface area contributed by atoms with Crippen LogP contribution in [0.25, 0.3) is 10.8 Å². The number of sulfonamides is 1. The lowest BCUT2D eigenvalue weighted by Gasteiger charge is -2.31. The number of hydrogen-bond donors (Lipinski definition) is 1. The Balaban J connectivity index is 1.45. The molecule has 34 heavy (non-hydrogen) atoms. The van der Waals surface area contributed by atoms with E-state index in [4.69, 9.17) is 0 Å². The van der Waals surface area contributed by atoms with Crippen LogP contribution in [0.3, 0.4) is 0 Å². The summed E-state index contributed by atoms with van der Waals surface area (Å²) in [4.78, 5) is 30.2. The minimum Gasteiger partial charge on any atom is -0.302 e. The van der Waals surface area contributed by atoms with E-state index in [2.05, 4.69) is 9.62 Å². The molecule has 0 saturated carbocycles. The molecule has 0 aliphatic carbocycles. The third-order valence-electron chi connectivity index (χ3n) is 6.64. The molecule has 0 atom stereocenters. The fourth-order valence-corrected chi connectivity index (χ4v) is 6.05. The van der Waals surface area contributed by atoms with Crippen LogP contribution in [0.2, 0.25) is 0 Å². The van der Waals surface area contributed by atoms with E-state index >= 15 is 0 Å². The SMILES string of the molecule is O=C1c2cccc3c(S(=O)(=O)NCc4ccccc4)ccc(c23)C(=O)N1CCN1CCCCC1. The first-order chi connectivity index (χ1) is 16.5. The Hall–Kier alpha value is -3.07. The molecule has 3 aromatic carbocycles. The first kappa shape index (κ1) is 22.7. The lowest BCUT2D eigenvalue weighted by atomic mass is 9.94. The van der Waals surface area contributed by atoms with Crippen molar-refractivity contribution in [3.8, 4) is 0 Å². The summed E-state index contributed by atoms with van der Waals surface area (Å²) in [6.07, 6.45) is 3.50. The number of hydrogen-bond acceptors (Lipinski definition) is 5. The van der Waals surface area contributed by atoms with Crippen molar-refractivity contribution in [2.45, 2.75) is 30.7 Å². The summed E-state index contributed by atoms with van der Waals surface area (Å²) >= 11 is 0. The highest BCUT2D eigenvalue weighted by Crippen LogP contribution is 2.34. The van der Waals surface area contributed by atoms with Gasteiger partial charge in [0, 0.05) is 41.5 Å². The molecule has 1 N–H and O–H groups in total. The fraction of sp³-hybridized carbons (Fsp3) is 0.308. The second-order valence-corrected chi connectivity index (χ2v) is 10.5. The summed E-state index contributed by atoms with van der Waals surface area (Å²) in [6, 6.07) is 17.2. The van der Waals surface area contributed by atoms with Gasteiger partial charge in [-0.15, -0.1) is 0 Å². The molecule has 2 amide bonds. The van der Waals surface area contributed by atoms with E-state index in [1.54, 1.807) is 18.2 Å². The molecule has 8 heteroatoms. The lowest BCUT2D eigenvalue weighted by Crippen LogP contribution is -2.45. The smallest absolute Gasteiger partial charge is 0.261 e. The van der Waals surface area contributed by atoms with Gasteiger partial charge in [-0.3, -0.25) is 14.5 Å². The predicted octanol–water partition coefficient (Wildman–Crippen LogP) is 3.40. The van der Waals surface area contributed by atoms with E-state index in [0.717, 1.165) is 31.5 Å². The van der Waals surface area contributed by atoms with Crippen molar-refractivity contribution >= 4 is 32.6 Å². The summed E-state index contributed by atoms with van der Waals surface area (Å²) in [5.41, 5.74) is 1.57. The summed E-state index contributed by atoms with van der Waals surface area (Å²) in [7, 11) is -3.87. The first-order valence-electron chi connectivity index (χ1n) is 11.6. The van der Waals surface area contributed by atoms with Gasteiger partial charge in [0.05, 0.1) is 4.90 Å². The predicted molar refractivity (Wildman–Crippen MR) is 130 cm³/mol. The van der Waals surface area contributed by atoms with Crippen molar-refractivity contribution in [2.75, 3.05) is 26.2 Å². The number of carbonyl (C=O) groups is 2. The molecule has 5 rings (SSSR count). The number of rotatable bonds is 7. The molecule has 2 heterocycles. The molecular formula is C26H27N3O4S. The zero-order valence-electron chi connectivity index (χ0n) is 18.9. The van der Waals surface area contributed by atoms with E-state index in [1.165, 1.54) is 23.5 Å². The molecule has 7 nitrogen and oxygen atoms in total. The lowest BCUT2D eigenvalue weighted by molar-refractivity contribution is 0.0588. The minimum atomic E-state index is -3.87. The third-order valence-corrected chi connectivity index (χ3v) is 8.10. The summed E-state index contributed by atoms with van der Waals surface area (Å²) in [5.74, 6) is -0.737. The van der Waals surface area contributed by atoms with Crippen LogP contribution in [0.15, 0.2) is 65.6 Å². The highest BCUT2D eigenvalue weighted by atomic mass is 32.2. The maximum atomic E-state index is 13.3. The number of nitrogens with one attached hydrogen (secondary N) is 1. The van der Waals surface area contributed by atoms with Gasteiger partial charge in [-0.2, -0.15) is 0 Å². The van der Waals surface area contributed by atoms with E-state index in [9.17, 15) is 18.0 Å². The number of amides is 2. The van der Waals surface area contributed by atoms with Crippen molar-refractivity contribution in [2.24, 2.45) is 0 Å². The van der Waals surface area contributed by atoms with E-state index < -0.39 is 10.0 Å². The van der Waals surface area contributed by atoms with Gasteiger partial charge in [-0.05, 0) is 49.7 Å². The Morgan fingerprint density at radius 1 is 0.765 bits per heavy atom. The first-order valence-corrected chi connectivity index (χ1v) is 13.1. The van der Waals surface area contributed by atoms with E-state index in [1.807, 2.05) is 30.3 Å². The number of likely N-dealkylation sites (tertiary alicyclic amines) is 1. The highest BCUT2D eigenvalue weighted by Gasteiger charge is 2.34. The highest BCUT2D eigenvalue weighted by molar-refractivity contribution is 7.89. The maximum Gasteiger partial charge on any atom is 0.261 e. The number of piperidine rings is 1. The van der Waals surface area contributed by atoms with Crippen LogP contribution in [-0.2, 0) is 16.6 Å². The van der Waals surface area contributed by atoms with Gasteiger partial charge >= 0.3 is 0 Å². The van der Waals surface area contributed by atoms with Crippen LogP contribution in [0, 0.1) is 0 Å². The quantitative estimate of drug-likeness (QED) is 0.527. The molecule has 0 spiro atoms. The standard InChI is InChI=1S/C26H27N3O4S/c30-25-21-11-7-10-20-23(34(32,33)27-18-19-8-3-1-4-9-19)13-12-22(24(20)21)26(31)29(25)17-16-28-14-5-2-6-15-28/h1,3-4,7-13,27H,2,5-6,14-18H2. The van der Waals surface area contributed by atoms with Crippen LogP contribution in [0.5, 0.6) is 0 Å². The Kier molecular flexibility index (Phi) is 6.20. The molecule has 0 radical (unpaired) electrons. The van der Waals surface area contributed by atoms with Crippen molar-refractivity contribution in [3.05, 3.63) is 77.4 Å². The van der Waals surface area contributed by atoms with Crippen molar-refractivity contribution in [3.63, 3.8) is 0 Å². The van der Waals surface area contributed by atoms with Gasteiger partial charge in [-0.1, -0.05) is 48.9 Å². The van der Waals surface area contributed by atoms with Crippen LogP contribution in [0.4, 0.5) is 0 Å². The molecule has 3 aromatic rings. The Morgan fingerprint density at radius 2 is 1.47 bits per heavy atom. The molecule has 2 aliphatic rings. The average Bonchev–Trinajstić information content (AvgIpc) is 2.87. The molecule has 0 unspecified atom stereocenters. The zero-order valence-corrected chi connectivity index (χ0v) is 19.7. The van der Waals surface area contributed by atoms with Crippen LogP contribution in [0.1, 0.15) is 45.5 Å². The molecular weight excluding hydrogens is 450 g/mol. The topological polar surface area (TPSA) is 86.8 Å². The molecule has 1 saturated heterocycles. The van der Waals surface area contributed by atoms with Gasteiger partial charge in [0.25, 0.3) is 11.8 Å². The number of benzene rings is 3. The zero-order chi connectivity index (χ0) is 23.7. The van der Waals surface area contributed by atoms with Crippen LogP contribution >= 0.6 is 0 Å². The summed E-state index contributed by atoms with van der Waals surface area (Å²) < 4.78 is 28.9. The normalized spacial score (nSPS) is 16.9. The second-order valence-electron chi connectivity index (χ2n) is 8.81. The van der Waals surface area contributed by atoms with Gasteiger partial charge in [0.15, 0.2) is 0 Å². The van der Waals surface area contributed by atoms with Crippen molar-refractivity contribution in [1.82, 2.24) is 14.5 Å². The van der Waals surface area contributed by atoms with Crippen molar-refractivity contribution < 1.29 is 18.0 Å². The second kappa shape index (κ2) is 9.29. The van der Waals surface area contributed by atoms with Crippen LogP contribution in [-0.4, -0.2) is 56.2 Å². The maximum absolute atomic E-state index is 13.3. The van der Waals surface area contributed by atoms with E-state index in [-0.39, 0.29) is 23.3 Å². The minimum absolute atomic E-state index is 0.0615. The molecule has 2 aliphatic heterocycles. The Morgan fingerprint density at radius 3 is 2.21 bits per heavy atom. The van der Waals surface area contributed by atoms with Crippen LogP contribution < -0.4 is 4.72 Å². The Labute approximate surface area is 199 Å². The summed E-state index contributed by atoms with van der Waals surface area (Å²) in [6.45, 7) is 3.10. The molecule has 176 valence electrons. The number of imide groups is 1. The van der Waals surface area contributed by atoms with Gasteiger partial charge in [-0.25, -0.2) is 13.1 Å². The van der Waals surface area contributed by atoms with E-state index in [0.29, 0.717) is 35.0 Å². The number of nitrogens with zero attached hydrogens (tertiary/aromatic N) is 2. The monoisotopic (exact) mass is 477 g/mol. The van der Waals surface area contributed by atoms with Gasteiger partial charge < -0.3 is 4.90 Å². The molecule has 1 fully saturated rings. The fourth-order valence-electron chi connectivity index (χ4n) is 4.83.